The van der Waals surface area contributed by atoms with Crippen molar-refractivity contribution in [1.82, 2.24) is 9.80 Å². The first kappa shape index (κ1) is 34.5. The molecule has 0 spiro atoms. The van der Waals surface area contributed by atoms with Crippen LogP contribution < -0.4 is 0 Å². The highest BCUT2D eigenvalue weighted by atomic mass is 16.5. The van der Waals surface area contributed by atoms with E-state index in [-0.39, 0.29) is 25.2 Å². The number of unbranched alkanes of at least 4 members (excludes halogenated alkanes) is 10. The average Bonchev–Trinajstić information content (AvgIpc) is 2.84. The molecule has 0 aliphatic carbocycles. The number of likely N-dealkylation sites (N-methyl/N-ethyl adjacent to an activating group) is 2. The Bertz CT molecular complexity index is 498. The van der Waals surface area contributed by atoms with Crippen molar-refractivity contribution in [2.75, 3.05) is 66.7 Å². The molecule has 0 atom stereocenters. The lowest BCUT2D eigenvalue weighted by molar-refractivity contribution is -0.145. The fourth-order valence-corrected chi connectivity index (χ4v) is 3.70. The summed E-state index contributed by atoms with van der Waals surface area (Å²) in [5, 5.41) is 17.7. The van der Waals surface area contributed by atoms with Gasteiger partial charge in [-0.2, -0.15) is 0 Å². The second kappa shape index (κ2) is 26.6. The summed E-state index contributed by atoms with van der Waals surface area (Å²) in [6.45, 7) is 3.54. The van der Waals surface area contributed by atoms with E-state index in [2.05, 4.69) is 12.2 Å². The van der Waals surface area contributed by atoms with Crippen LogP contribution in [0.5, 0.6) is 0 Å². The molecule has 0 saturated heterocycles. The van der Waals surface area contributed by atoms with Crippen LogP contribution in [0.2, 0.25) is 0 Å². The molecule has 0 aliphatic heterocycles. The van der Waals surface area contributed by atoms with Crippen molar-refractivity contribution in [3.63, 3.8) is 0 Å². The average molecular weight is 515 g/mol. The van der Waals surface area contributed by atoms with E-state index < -0.39 is 0 Å². The van der Waals surface area contributed by atoms with Gasteiger partial charge < -0.3 is 29.5 Å². The lowest BCUT2D eigenvalue weighted by Gasteiger charge is -2.14. The van der Waals surface area contributed by atoms with E-state index in [4.69, 9.17) is 19.7 Å². The Morgan fingerprint density at radius 2 is 0.944 bits per heavy atom. The second-order valence-corrected chi connectivity index (χ2v) is 9.58. The van der Waals surface area contributed by atoms with Crippen LogP contribution in [-0.2, 0) is 19.1 Å². The molecule has 0 aliphatic rings. The van der Waals surface area contributed by atoms with Gasteiger partial charge in [-0.3, -0.25) is 9.59 Å². The number of carbonyl (C=O) groups excluding carboxylic acids is 2. The fraction of sp³-hybridized carbons (Fsp3) is 0.857. The summed E-state index contributed by atoms with van der Waals surface area (Å²) in [5.41, 5.74) is 0. The van der Waals surface area contributed by atoms with Crippen LogP contribution in [0, 0.1) is 0 Å². The van der Waals surface area contributed by atoms with Crippen molar-refractivity contribution in [1.29, 1.82) is 0 Å². The largest absolute Gasteiger partial charge is 0.464 e. The first-order valence-electron chi connectivity index (χ1n) is 14.0. The molecule has 0 amide bonds. The maximum absolute atomic E-state index is 11.7. The zero-order valence-corrected chi connectivity index (χ0v) is 23.1. The van der Waals surface area contributed by atoms with Crippen molar-refractivity contribution in [2.24, 2.45) is 0 Å². The van der Waals surface area contributed by atoms with Crippen LogP contribution in [0.25, 0.3) is 0 Å². The first-order chi connectivity index (χ1) is 17.5. The van der Waals surface area contributed by atoms with Crippen molar-refractivity contribution in [3.05, 3.63) is 12.2 Å². The van der Waals surface area contributed by atoms with E-state index >= 15 is 0 Å². The number of nitrogens with zero attached hydrogens (tertiary/aromatic N) is 2. The lowest BCUT2D eigenvalue weighted by atomic mass is 10.1. The Hall–Kier alpha value is -1.48. The zero-order chi connectivity index (χ0) is 26.7. The summed E-state index contributed by atoms with van der Waals surface area (Å²) in [5.74, 6) is -0.236. The van der Waals surface area contributed by atoms with E-state index in [1.54, 1.807) is 0 Å². The van der Waals surface area contributed by atoms with Crippen LogP contribution in [0.4, 0.5) is 0 Å². The number of aliphatic hydroxyl groups is 2. The standard InChI is InChI=1S/C28H54N2O6/c1-29(19-23-31)21-25-35-27(33)17-15-13-11-9-7-5-3-4-6-8-10-12-14-16-18-28(34)36-26-22-30(2)20-24-32/h3-4,31-32H,5-26H2,1-2H3. The van der Waals surface area contributed by atoms with E-state index in [1.807, 2.05) is 23.9 Å². The lowest BCUT2D eigenvalue weighted by Crippen LogP contribution is -2.27. The van der Waals surface area contributed by atoms with Crippen molar-refractivity contribution >= 4 is 11.9 Å². The van der Waals surface area contributed by atoms with Gasteiger partial charge in [0, 0.05) is 39.0 Å². The normalized spacial score (nSPS) is 11.6. The molecule has 2 N–H and O–H groups in total. The predicted octanol–water partition coefficient (Wildman–Crippen LogP) is 3.94. The Labute approximate surface area is 220 Å². The summed E-state index contributed by atoms with van der Waals surface area (Å²) in [6, 6.07) is 0. The van der Waals surface area contributed by atoms with Gasteiger partial charge in [0.25, 0.3) is 0 Å². The summed E-state index contributed by atoms with van der Waals surface area (Å²) in [4.78, 5) is 27.3. The van der Waals surface area contributed by atoms with Crippen LogP contribution in [-0.4, -0.2) is 98.7 Å². The Morgan fingerprint density at radius 3 is 1.33 bits per heavy atom. The van der Waals surface area contributed by atoms with Gasteiger partial charge in [0.1, 0.15) is 13.2 Å². The quantitative estimate of drug-likeness (QED) is 0.102. The van der Waals surface area contributed by atoms with Crippen molar-refractivity contribution in [2.45, 2.75) is 89.9 Å². The molecule has 0 aromatic heterocycles. The molecule has 0 saturated carbocycles. The highest BCUT2D eigenvalue weighted by Crippen LogP contribution is 2.10. The molecule has 8 heteroatoms. The van der Waals surface area contributed by atoms with Crippen LogP contribution >= 0.6 is 0 Å². The number of aliphatic hydroxyl groups excluding tert-OH is 2. The van der Waals surface area contributed by atoms with Crippen LogP contribution in [0.1, 0.15) is 89.9 Å². The van der Waals surface area contributed by atoms with Gasteiger partial charge in [-0.1, -0.05) is 50.7 Å². The molecule has 8 nitrogen and oxygen atoms in total. The highest BCUT2D eigenvalue weighted by Gasteiger charge is 2.05. The third-order valence-corrected chi connectivity index (χ3v) is 6.11. The SMILES string of the molecule is CN(CCO)CCOC(=O)CCCCCCCC=CCCCCCCCC(=O)OCCN(C)CCO. The van der Waals surface area contributed by atoms with Crippen molar-refractivity contribution in [3.8, 4) is 0 Å². The van der Waals surface area contributed by atoms with E-state index in [0.29, 0.717) is 52.2 Å². The highest BCUT2D eigenvalue weighted by molar-refractivity contribution is 5.69. The van der Waals surface area contributed by atoms with Gasteiger partial charge in [0.15, 0.2) is 0 Å². The molecule has 0 aromatic carbocycles. The summed E-state index contributed by atoms with van der Waals surface area (Å²) >= 11 is 0. The van der Waals surface area contributed by atoms with Gasteiger partial charge in [0.05, 0.1) is 13.2 Å². The van der Waals surface area contributed by atoms with Gasteiger partial charge in [-0.25, -0.2) is 0 Å². The van der Waals surface area contributed by atoms with E-state index in [1.165, 1.54) is 25.7 Å². The number of ether oxygens (including phenoxy) is 2. The zero-order valence-electron chi connectivity index (χ0n) is 23.1. The summed E-state index contributed by atoms with van der Waals surface area (Å²) in [6.07, 6.45) is 18.9. The molecule has 36 heavy (non-hydrogen) atoms. The van der Waals surface area contributed by atoms with Crippen LogP contribution in [0.15, 0.2) is 12.2 Å². The molecule has 0 heterocycles. The van der Waals surface area contributed by atoms with Gasteiger partial charge >= 0.3 is 11.9 Å². The van der Waals surface area contributed by atoms with Gasteiger partial charge in [0.2, 0.25) is 0 Å². The van der Waals surface area contributed by atoms with Gasteiger partial charge in [-0.05, 0) is 52.6 Å². The number of carbonyl (C=O) groups is 2. The molecule has 0 rings (SSSR count). The summed E-state index contributed by atoms with van der Waals surface area (Å²) < 4.78 is 10.4. The maximum atomic E-state index is 11.7. The smallest absolute Gasteiger partial charge is 0.305 e. The molecule has 0 unspecified atom stereocenters. The molecule has 0 radical (unpaired) electrons. The molecule has 0 aromatic rings. The number of allylic oxidation sites excluding steroid dienone is 2. The minimum absolute atomic E-state index is 0.118. The minimum Gasteiger partial charge on any atom is -0.464 e. The molecular weight excluding hydrogens is 460 g/mol. The van der Waals surface area contributed by atoms with Crippen LogP contribution in [0.3, 0.4) is 0 Å². The monoisotopic (exact) mass is 514 g/mol. The molecule has 0 fully saturated rings. The maximum Gasteiger partial charge on any atom is 0.305 e. The number of rotatable bonds is 26. The second-order valence-electron chi connectivity index (χ2n) is 9.58. The first-order valence-corrected chi connectivity index (χ1v) is 14.0. The Morgan fingerprint density at radius 1 is 0.583 bits per heavy atom. The van der Waals surface area contributed by atoms with Gasteiger partial charge in [-0.15, -0.1) is 0 Å². The molecule has 212 valence electrons. The van der Waals surface area contributed by atoms with E-state index in [9.17, 15) is 9.59 Å². The molecule has 0 bridgehead atoms. The Balaban J connectivity index is 3.34. The van der Waals surface area contributed by atoms with E-state index in [0.717, 1.165) is 51.4 Å². The van der Waals surface area contributed by atoms with Crippen molar-refractivity contribution < 1.29 is 29.3 Å². The molecular formula is C28H54N2O6. The summed E-state index contributed by atoms with van der Waals surface area (Å²) in [7, 11) is 3.80. The Kier molecular flexibility index (Phi) is 25.5. The number of hydrogen-bond donors (Lipinski definition) is 2. The third-order valence-electron chi connectivity index (χ3n) is 6.11. The topological polar surface area (TPSA) is 99.5 Å². The third kappa shape index (κ3) is 25.6. The predicted molar refractivity (Wildman–Crippen MR) is 145 cm³/mol. The fourth-order valence-electron chi connectivity index (χ4n) is 3.70. The number of esters is 2. The minimum atomic E-state index is -0.118. The number of hydrogen-bond acceptors (Lipinski definition) is 8.